The molecule has 1 heterocycles. The highest BCUT2D eigenvalue weighted by Crippen LogP contribution is 2.34. The van der Waals surface area contributed by atoms with Gasteiger partial charge in [-0.25, -0.2) is 0 Å². The lowest BCUT2D eigenvalue weighted by atomic mass is 9.91. The van der Waals surface area contributed by atoms with Crippen LogP contribution in [0.4, 0.5) is 0 Å². The minimum Gasteiger partial charge on any atom is -0.481 e. The fourth-order valence-corrected chi connectivity index (χ4v) is 8.47. The minimum absolute atomic E-state index is 0.0994. The van der Waals surface area contributed by atoms with Crippen molar-refractivity contribution in [1.29, 1.82) is 0 Å². The second-order valence-corrected chi connectivity index (χ2v) is 13.9. The minimum atomic E-state index is -2.12. The van der Waals surface area contributed by atoms with Crippen molar-refractivity contribution in [3.8, 4) is 0 Å². The first-order valence-corrected chi connectivity index (χ1v) is 15.2. The van der Waals surface area contributed by atoms with Gasteiger partial charge < -0.3 is 19.3 Å². The third kappa shape index (κ3) is 7.35. The predicted molar refractivity (Wildman–Crippen MR) is 139 cm³/mol. The number of methoxy groups -OCH3 is 1. The Labute approximate surface area is 213 Å². The molecule has 0 saturated carbocycles. The van der Waals surface area contributed by atoms with E-state index in [4.69, 9.17) is 19.3 Å². The Morgan fingerprint density at radius 3 is 2.00 bits per heavy atom. The molecule has 0 aliphatic carbocycles. The van der Waals surface area contributed by atoms with Crippen LogP contribution in [0.3, 0.4) is 0 Å². The van der Waals surface area contributed by atoms with Crippen LogP contribution in [0.1, 0.15) is 38.5 Å². The Hall–Kier alpha value is -2.81. The van der Waals surface area contributed by atoms with Gasteiger partial charge in [0.05, 0.1) is 32.7 Å². The third-order valence-electron chi connectivity index (χ3n) is 7.12. The summed E-state index contributed by atoms with van der Waals surface area (Å²) in [5.41, 5.74) is 0. The number of ketones is 1. The highest BCUT2D eigenvalue weighted by Gasteiger charge is 2.41. The fraction of sp³-hybridized carbons (Fsp3) is 0.464. The van der Waals surface area contributed by atoms with Gasteiger partial charge in [0.25, 0.3) is 0 Å². The summed E-state index contributed by atoms with van der Waals surface area (Å²) in [6.07, 6.45) is 1.15. The van der Waals surface area contributed by atoms with Crippen molar-refractivity contribution in [3.05, 3.63) is 60.7 Å². The lowest BCUT2D eigenvalue weighted by Gasteiger charge is -2.30. The summed E-state index contributed by atoms with van der Waals surface area (Å²) >= 11 is 0. The number of aliphatic carboxylic acids is 1. The monoisotopic (exact) mass is 512 g/mol. The van der Waals surface area contributed by atoms with Crippen LogP contribution in [0.2, 0.25) is 12.6 Å². The molecular formula is C28H36O7Si. The number of carbonyl (C=O) groups is 3. The van der Waals surface area contributed by atoms with E-state index in [-0.39, 0.29) is 31.5 Å². The molecule has 0 bridgehead atoms. The van der Waals surface area contributed by atoms with Crippen molar-refractivity contribution in [3.63, 3.8) is 0 Å². The molecule has 0 radical (unpaired) electrons. The summed E-state index contributed by atoms with van der Waals surface area (Å²) in [6, 6.07) is 21.5. The standard InChI is InChI=1S/C28H36O7Si/c1-33-27(32)22(21-28(17-15-26(30)31)34-18-19-35-28)13-14-23(29)16-20-36(2,24-9-5-3-6-10-24)25-11-7-4-8-12-25/h3-12,22H,13-21H2,1-2H3,(H,30,31). The van der Waals surface area contributed by atoms with Crippen molar-refractivity contribution >= 4 is 36.2 Å². The molecule has 2 aromatic rings. The van der Waals surface area contributed by atoms with E-state index in [1.165, 1.54) is 17.5 Å². The third-order valence-corrected chi connectivity index (χ3v) is 11.6. The second kappa shape index (κ2) is 12.9. The predicted octanol–water partition coefficient (Wildman–Crippen LogP) is 3.41. The maximum Gasteiger partial charge on any atom is 0.308 e. The normalized spacial score (nSPS) is 15.8. The molecule has 1 fully saturated rings. The molecule has 3 rings (SSSR count). The van der Waals surface area contributed by atoms with Gasteiger partial charge in [0, 0.05) is 25.7 Å². The van der Waals surface area contributed by atoms with Gasteiger partial charge in [0.1, 0.15) is 13.9 Å². The number of ether oxygens (including phenoxy) is 3. The molecule has 1 N–H and O–H groups in total. The smallest absolute Gasteiger partial charge is 0.308 e. The lowest BCUT2D eigenvalue weighted by Crippen LogP contribution is -2.55. The molecule has 1 atom stereocenters. The molecule has 194 valence electrons. The van der Waals surface area contributed by atoms with E-state index in [9.17, 15) is 14.4 Å². The second-order valence-electron chi connectivity index (χ2n) is 9.57. The fourth-order valence-electron chi connectivity index (χ4n) is 4.92. The number of carboxylic acids is 1. The molecule has 8 heteroatoms. The van der Waals surface area contributed by atoms with E-state index < -0.39 is 31.7 Å². The van der Waals surface area contributed by atoms with E-state index in [0.29, 0.717) is 26.1 Å². The summed E-state index contributed by atoms with van der Waals surface area (Å²) < 4.78 is 16.5. The highest BCUT2D eigenvalue weighted by atomic mass is 28.3. The Morgan fingerprint density at radius 2 is 1.50 bits per heavy atom. The molecule has 7 nitrogen and oxygen atoms in total. The van der Waals surface area contributed by atoms with Crippen LogP contribution in [-0.4, -0.2) is 57.0 Å². The van der Waals surface area contributed by atoms with Gasteiger partial charge in [-0.3, -0.25) is 14.4 Å². The van der Waals surface area contributed by atoms with E-state index >= 15 is 0 Å². The van der Waals surface area contributed by atoms with Gasteiger partial charge in [0.2, 0.25) is 0 Å². The van der Waals surface area contributed by atoms with Gasteiger partial charge in [-0.15, -0.1) is 0 Å². The molecule has 2 aromatic carbocycles. The van der Waals surface area contributed by atoms with Crippen LogP contribution >= 0.6 is 0 Å². The number of Topliss-reactive ketones (excluding diaryl/α,β-unsaturated/α-hetero) is 1. The average Bonchev–Trinajstić information content (AvgIpc) is 3.37. The number of carbonyl (C=O) groups excluding carboxylic acids is 2. The summed E-state index contributed by atoms with van der Waals surface area (Å²) in [5.74, 6) is -3.04. The Balaban J connectivity index is 1.65. The number of esters is 1. The van der Waals surface area contributed by atoms with Crippen LogP contribution in [-0.2, 0) is 28.6 Å². The quantitative estimate of drug-likeness (QED) is 0.306. The van der Waals surface area contributed by atoms with E-state index in [2.05, 4.69) is 30.8 Å². The maximum absolute atomic E-state index is 13.0. The molecule has 0 aromatic heterocycles. The average molecular weight is 513 g/mol. The first-order chi connectivity index (χ1) is 17.3. The van der Waals surface area contributed by atoms with Gasteiger partial charge in [0.15, 0.2) is 5.79 Å². The zero-order valence-electron chi connectivity index (χ0n) is 21.1. The number of hydrogen-bond acceptors (Lipinski definition) is 6. The topological polar surface area (TPSA) is 99.1 Å². The van der Waals surface area contributed by atoms with Crippen LogP contribution in [0, 0.1) is 5.92 Å². The van der Waals surface area contributed by atoms with Crippen molar-refractivity contribution in [2.24, 2.45) is 5.92 Å². The number of hydrogen-bond donors (Lipinski definition) is 1. The van der Waals surface area contributed by atoms with Gasteiger partial charge in [-0.2, -0.15) is 0 Å². The summed E-state index contributed by atoms with van der Waals surface area (Å²) in [4.78, 5) is 36.7. The molecule has 1 unspecified atom stereocenters. The molecular weight excluding hydrogens is 476 g/mol. The van der Waals surface area contributed by atoms with Crippen LogP contribution < -0.4 is 10.4 Å². The van der Waals surface area contributed by atoms with Gasteiger partial charge >= 0.3 is 11.9 Å². The molecule has 1 aliphatic rings. The Morgan fingerprint density at radius 1 is 0.944 bits per heavy atom. The molecule has 36 heavy (non-hydrogen) atoms. The van der Waals surface area contributed by atoms with Gasteiger partial charge in [-0.1, -0.05) is 77.6 Å². The van der Waals surface area contributed by atoms with Crippen molar-refractivity contribution in [2.75, 3.05) is 20.3 Å². The van der Waals surface area contributed by atoms with E-state index in [0.717, 1.165) is 6.04 Å². The first-order valence-electron chi connectivity index (χ1n) is 12.5. The molecule has 1 saturated heterocycles. The zero-order chi connectivity index (χ0) is 26.0. The number of carboxylic acid groups (broad SMARTS) is 1. The van der Waals surface area contributed by atoms with Crippen LogP contribution in [0.5, 0.6) is 0 Å². The van der Waals surface area contributed by atoms with Crippen LogP contribution in [0.25, 0.3) is 0 Å². The number of rotatable bonds is 14. The molecule has 0 spiro atoms. The molecule has 1 aliphatic heterocycles. The summed E-state index contributed by atoms with van der Waals surface area (Å²) in [6.45, 7) is 2.98. The summed E-state index contributed by atoms with van der Waals surface area (Å²) in [5, 5.41) is 11.7. The SMILES string of the molecule is COC(=O)C(CCC(=O)CC[Si](C)(c1ccccc1)c1ccccc1)CC1(CCC(=O)O)OCCO1. The van der Waals surface area contributed by atoms with E-state index in [1.807, 2.05) is 36.4 Å². The van der Waals surface area contributed by atoms with Crippen molar-refractivity contribution in [1.82, 2.24) is 0 Å². The molecule has 0 amide bonds. The maximum atomic E-state index is 13.0. The first kappa shape index (κ1) is 27.8. The largest absolute Gasteiger partial charge is 0.481 e. The Bertz CT molecular complexity index is 964. The highest BCUT2D eigenvalue weighted by molar-refractivity contribution is 7.01. The zero-order valence-corrected chi connectivity index (χ0v) is 22.1. The van der Waals surface area contributed by atoms with Crippen molar-refractivity contribution < 1.29 is 33.7 Å². The van der Waals surface area contributed by atoms with Crippen molar-refractivity contribution in [2.45, 2.75) is 56.9 Å². The van der Waals surface area contributed by atoms with Crippen LogP contribution in [0.15, 0.2) is 60.7 Å². The summed E-state index contributed by atoms with van der Waals surface area (Å²) in [7, 11) is -0.807. The number of benzene rings is 2. The van der Waals surface area contributed by atoms with E-state index in [1.54, 1.807) is 0 Å². The Kier molecular flexibility index (Phi) is 9.98. The lowest BCUT2D eigenvalue weighted by molar-refractivity contribution is -0.186. The van der Waals surface area contributed by atoms with Gasteiger partial charge in [-0.05, 0) is 12.5 Å².